The predicted molar refractivity (Wildman–Crippen MR) is 74.4 cm³/mol. The minimum atomic E-state index is 0.482. The summed E-state index contributed by atoms with van der Waals surface area (Å²) in [5, 5.41) is 0. The van der Waals surface area contributed by atoms with E-state index in [1.165, 1.54) is 12.8 Å². The Kier molecular flexibility index (Phi) is 3.38. The van der Waals surface area contributed by atoms with Crippen LogP contribution in [0.15, 0.2) is 35.2 Å². The molecule has 19 heavy (non-hydrogen) atoms. The molecule has 1 aliphatic rings. The Balaban J connectivity index is 1.71. The predicted octanol–water partition coefficient (Wildman–Crippen LogP) is 3.37. The molecule has 1 heterocycles. The molecule has 0 N–H and O–H groups in total. The van der Waals surface area contributed by atoms with Crippen molar-refractivity contribution in [2.24, 2.45) is 0 Å². The number of imidazole rings is 1. The van der Waals surface area contributed by atoms with Gasteiger partial charge in [0.05, 0.1) is 22.7 Å². The van der Waals surface area contributed by atoms with E-state index in [0.29, 0.717) is 18.2 Å². The van der Waals surface area contributed by atoms with Crippen molar-refractivity contribution < 1.29 is 9.53 Å². The summed E-state index contributed by atoms with van der Waals surface area (Å²) in [5.74, 6) is 0.731. The van der Waals surface area contributed by atoms with E-state index < -0.39 is 0 Å². The Morgan fingerprint density at radius 2 is 2.32 bits per heavy atom. The standard InChI is InChI=1S/C14H13BrN2O2/c15-13-5-10(7-18)1-4-14(13)19-8-12-6-16-9-17(12)11-2-3-11/h1,4-7,9,11H,2-3,8H2. The molecule has 3 rings (SSSR count). The van der Waals surface area contributed by atoms with Crippen LogP contribution in [0.3, 0.4) is 0 Å². The minimum Gasteiger partial charge on any atom is -0.486 e. The molecule has 1 aromatic heterocycles. The van der Waals surface area contributed by atoms with Gasteiger partial charge in [0.2, 0.25) is 0 Å². The molecular formula is C14H13BrN2O2. The summed E-state index contributed by atoms with van der Waals surface area (Å²) in [6.07, 6.45) is 6.96. The van der Waals surface area contributed by atoms with E-state index in [1.807, 2.05) is 12.5 Å². The lowest BCUT2D eigenvalue weighted by molar-refractivity contribution is 0.112. The second kappa shape index (κ2) is 5.17. The van der Waals surface area contributed by atoms with E-state index in [0.717, 1.165) is 22.2 Å². The summed E-state index contributed by atoms with van der Waals surface area (Å²) >= 11 is 3.41. The van der Waals surface area contributed by atoms with Gasteiger partial charge in [-0.15, -0.1) is 0 Å². The summed E-state index contributed by atoms with van der Waals surface area (Å²) in [4.78, 5) is 14.8. The van der Waals surface area contributed by atoms with Crippen LogP contribution >= 0.6 is 15.9 Å². The first-order valence-corrected chi connectivity index (χ1v) is 6.95. The van der Waals surface area contributed by atoms with Crippen molar-refractivity contribution in [3.05, 3.63) is 46.5 Å². The Bertz CT molecular complexity index is 605. The molecule has 0 unspecified atom stereocenters. The Morgan fingerprint density at radius 1 is 1.47 bits per heavy atom. The maximum atomic E-state index is 10.7. The maximum absolute atomic E-state index is 10.7. The summed E-state index contributed by atoms with van der Waals surface area (Å²) in [6.45, 7) is 0.482. The van der Waals surface area contributed by atoms with Crippen LogP contribution < -0.4 is 4.74 Å². The average molecular weight is 321 g/mol. The summed E-state index contributed by atoms with van der Waals surface area (Å²) < 4.78 is 8.74. The minimum absolute atomic E-state index is 0.482. The van der Waals surface area contributed by atoms with Crippen LogP contribution in [0.25, 0.3) is 0 Å². The van der Waals surface area contributed by atoms with Crippen molar-refractivity contribution >= 4 is 22.2 Å². The normalized spacial score (nSPS) is 14.4. The number of aldehydes is 1. The highest BCUT2D eigenvalue weighted by Gasteiger charge is 2.25. The molecule has 5 heteroatoms. The van der Waals surface area contributed by atoms with Gasteiger partial charge >= 0.3 is 0 Å². The lowest BCUT2D eigenvalue weighted by atomic mass is 10.2. The molecule has 0 atom stereocenters. The molecule has 1 aromatic carbocycles. The molecule has 0 bridgehead atoms. The van der Waals surface area contributed by atoms with Gasteiger partial charge in [-0.3, -0.25) is 4.79 Å². The maximum Gasteiger partial charge on any atom is 0.150 e. The zero-order valence-corrected chi connectivity index (χ0v) is 11.8. The smallest absolute Gasteiger partial charge is 0.150 e. The Morgan fingerprint density at radius 3 is 3.00 bits per heavy atom. The van der Waals surface area contributed by atoms with Gasteiger partial charge < -0.3 is 9.30 Å². The number of hydrogen-bond acceptors (Lipinski definition) is 3. The molecule has 0 radical (unpaired) electrons. The average Bonchev–Trinajstić information content (AvgIpc) is 3.16. The number of nitrogens with zero attached hydrogens (tertiary/aromatic N) is 2. The first kappa shape index (κ1) is 12.4. The third-order valence-corrected chi connectivity index (χ3v) is 3.77. The topological polar surface area (TPSA) is 44.1 Å². The van der Waals surface area contributed by atoms with Gasteiger partial charge in [-0.05, 0) is 47.0 Å². The fourth-order valence-corrected chi connectivity index (χ4v) is 2.50. The molecule has 98 valence electrons. The van der Waals surface area contributed by atoms with E-state index in [4.69, 9.17) is 4.74 Å². The zero-order chi connectivity index (χ0) is 13.2. The summed E-state index contributed by atoms with van der Waals surface area (Å²) in [7, 11) is 0. The molecule has 0 amide bonds. The second-order valence-electron chi connectivity index (χ2n) is 4.62. The number of aromatic nitrogens is 2. The van der Waals surface area contributed by atoms with Gasteiger partial charge in [0, 0.05) is 11.6 Å². The highest BCUT2D eigenvalue weighted by Crippen LogP contribution is 2.36. The SMILES string of the molecule is O=Cc1ccc(OCc2cncn2C2CC2)c(Br)c1. The molecular weight excluding hydrogens is 308 g/mol. The monoisotopic (exact) mass is 320 g/mol. The van der Waals surface area contributed by atoms with E-state index in [1.54, 1.807) is 18.2 Å². The van der Waals surface area contributed by atoms with Crippen molar-refractivity contribution in [3.63, 3.8) is 0 Å². The molecule has 1 aliphatic carbocycles. The quantitative estimate of drug-likeness (QED) is 0.793. The van der Waals surface area contributed by atoms with Gasteiger partial charge in [0.25, 0.3) is 0 Å². The van der Waals surface area contributed by atoms with Crippen LogP contribution in [0.4, 0.5) is 0 Å². The van der Waals surface area contributed by atoms with Crippen molar-refractivity contribution in [2.45, 2.75) is 25.5 Å². The molecule has 1 saturated carbocycles. The second-order valence-corrected chi connectivity index (χ2v) is 5.47. The lowest BCUT2D eigenvalue weighted by Crippen LogP contribution is -2.04. The van der Waals surface area contributed by atoms with Crippen LogP contribution in [0.1, 0.15) is 34.9 Å². The van der Waals surface area contributed by atoms with Crippen molar-refractivity contribution in [3.8, 4) is 5.75 Å². The fourth-order valence-electron chi connectivity index (χ4n) is 1.98. The number of benzene rings is 1. The van der Waals surface area contributed by atoms with E-state index in [9.17, 15) is 4.79 Å². The zero-order valence-electron chi connectivity index (χ0n) is 10.3. The molecule has 0 spiro atoms. The number of carbonyl (C=O) groups is 1. The van der Waals surface area contributed by atoms with Gasteiger partial charge in [-0.1, -0.05) is 0 Å². The van der Waals surface area contributed by atoms with Crippen LogP contribution in [-0.4, -0.2) is 15.8 Å². The van der Waals surface area contributed by atoms with Gasteiger partial charge in [0.15, 0.2) is 0 Å². The Hall–Kier alpha value is -1.62. The molecule has 0 aliphatic heterocycles. The molecule has 0 saturated heterocycles. The third kappa shape index (κ3) is 2.71. The number of carbonyl (C=O) groups excluding carboxylic acids is 1. The van der Waals surface area contributed by atoms with Crippen LogP contribution in [0.2, 0.25) is 0 Å². The summed E-state index contributed by atoms with van der Waals surface area (Å²) in [5.41, 5.74) is 1.70. The third-order valence-electron chi connectivity index (χ3n) is 3.15. The van der Waals surface area contributed by atoms with E-state index in [2.05, 4.69) is 25.5 Å². The summed E-state index contributed by atoms with van der Waals surface area (Å²) in [6, 6.07) is 5.89. The number of hydrogen-bond donors (Lipinski definition) is 0. The van der Waals surface area contributed by atoms with Gasteiger partial charge in [0.1, 0.15) is 18.6 Å². The van der Waals surface area contributed by atoms with Gasteiger partial charge in [-0.25, -0.2) is 4.98 Å². The largest absolute Gasteiger partial charge is 0.486 e. The van der Waals surface area contributed by atoms with Crippen LogP contribution in [0.5, 0.6) is 5.75 Å². The van der Waals surface area contributed by atoms with Crippen molar-refractivity contribution in [1.82, 2.24) is 9.55 Å². The first-order chi connectivity index (χ1) is 9.28. The fraction of sp³-hybridized carbons (Fsp3) is 0.286. The van der Waals surface area contributed by atoms with Crippen LogP contribution in [0, 0.1) is 0 Å². The van der Waals surface area contributed by atoms with Gasteiger partial charge in [-0.2, -0.15) is 0 Å². The molecule has 2 aromatic rings. The van der Waals surface area contributed by atoms with Crippen molar-refractivity contribution in [1.29, 1.82) is 0 Å². The highest BCUT2D eigenvalue weighted by atomic mass is 79.9. The van der Waals surface area contributed by atoms with Crippen LogP contribution in [-0.2, 0) is 6.61 Å². The highest BCUT2D eigenvalue weighted by molar-refractivity contribution is 9.10. The lowest BCUT2D eigenvalue weighted by Gasteiger charge is -2.10. The van der Waals surface area contributed by atoms with E-state index >= 15 is 0 Å². The number of halogens is 1. The molecule has 1 fully saturated rings. The van der Waals surface area contributed by atoms with E-state index in [-0.39, 0.29) is 0 Å². The molecule has 4 nitrogen and oxygen atoms in total. The number of rotatable bonds is 5. The number of ether oxygens (including phenoxy) is 1. The van der Waals surface area contributed by atoms with Crippen molar-refractivity contribution in [2.75, 3.05) is 0 Å². The first-order valence-electron chi connectivity index (χ1n) is 6.16. The Labute approximate surface area is 119 Å².